The van der Waals surface area contributed by atoms with Gasteiger partial charge in [-0.05, 0) is 19.3 Å². The average molecular weight is 140 g/mol. The molecule has 0 bridgehead atoms. The Hall–Kier alpha value is 0.180. The van der Waals surface area contributed by atoms with Crippen molar-refractivity contribution < 1.29 is 4.39 Å². The van der Waals surface area contributed by atoms with Gasteiger partial charge >= 0.3 is 0 Å². The quantitative estimate of drug-likeness (QED) is 0.537. The Labute approximate surface area is 54.9 Å². The maximum absolute atomic E-state index is 12.1. The molecule has 1 aliphatic carbocycles. The fourth-order valence-electron chi connectivity index (χ4n) is 0.959. The second-order valence-corrected chi connectivity index (χ2v) is 2.17. The summed E-state index contributed by atoms with van der Waals surface area (Å²) in [4.78, 5) is 0. The topological polar surface area (TPSA) is 26.0 Å². The Morgan fingerprint density at radius 3 is 2.12 bits per heavy atom. The highest BCUT2D eigenvalue weighted by molar-refractivity contribution is 5.85. The second-order valence-electron chi connectivity index (χ2n) is 2.17. The zero-order chi connectivity index (χ0) is 5.28. The Morgan fingerprint density at radius 2 is 2.00 bits per heavy atom. The lowest BCUT2D eigenvalue weighted by Gasteiger charge is -1.94. The maximum Gasteiger partial charge on any atom is 0.102 e. The van der Waals surface area contributed by atoms with Gasteiger partial charge in [0.05, 0.1) is 0 Å². The number of alkyl halides is 1. The van der Waals surface area contributed by atoms with Crippen LogP contribution < -0.4 is 5.73 Å². The fraction of sp³-hybridized carbons (Fsp3) is 1.00. The standard InChI is InChI=1S/C5H10FN.ClH/c6-4-1-2-5(7)3-4;/h4-5H,1-3,7H2;1H/t4-,5+;/m1./s1. The van der Waals surface area contributed by atoms with Gasteiger partial charge in [-0.25, -0.2) is 4.39 Å². The van der Waals surface area contributed by atoms with Crippen molar-refractivity contribution in [3.63, 3.8) is 0 Å². The summed E-state index contributed by atoms with van der Waals surface area (Å²) in [6, 6.07) is 0.148. The molecule has 1 rings (SSSR count). The fourth-order valence-corrected chi connectivity index (χ4v) is 0.959. The largest absolute Gasteiger partial charge is 0.328 e. The third-order valence-corrected chi connectivity index (χ3v) is 1.41. The Bertz CT molecular complexity index is 61.4. The first kappa shape index (κ1) is 8.18. The van der Waals surface area contributed by atoms with Crippen LogP contribution in [0.15, 0.2) is 0 Å². The molecule has 50 valence electrons. The van der Waals surface area contributed by atoms with E-state index in [2.05, 4.69) is 0 Å². The second kappa shape index (κ2) is 3.25. The van der Waals surface area contributed by atoms with Crippen molar-refractivity contribution >= 4 is 12.4 Å². The predicted molar refractivity (Wildman–Crippen MR) is 34.0 cm³/mol. The molecule has 2 N–H and O–H groups in total. The predicted octanol–water partition coefficient (Wildman–Crippen LogP) is 1.26. The van der Waals surface area contributed by atoms with Crippen molar-refractivity contribution in [2.75, 3.05) is 0 Å². The van der Waals surface area contributed by atoms with Gasteiger partial charge < -0.3 is 5.73 Å². The van der Waals surface area contributed by atoms with E-state index in [-0.39, 0.29) is 18.4 Å². The first-order valence-corrected chi connectivity index (χ1v) is 2.68. The van der Waals surface area contributed by atoms with Crippen molar-refractivity contribution in [1.82, 2.24) is 0 Å². The van der Waals surface area contributed by atoms with Gasteiger partial charge in [0, 0.05) is 6.04 Å². The van der Waals surface area contributed by atoms with Gasteiger partial charge in [0.25, 0.3) is 0 Å². The molecule has 0 aliphatic heterocycles. The van der Waals surface area contributed by atoms with Crippen molar-refractivity contribution in [1.29, 1.82) is 0 Å². The summed E-state index contributed by atoms with van der Waals surface area (Å²) in [7, 11) is 0. The maximum atomic E-state index is 12.1. The monoisotopic (exact) mass is 139 g/mol. The molecule has 0 radical (unpaired) electrons. The minimum atomic E-state index is -0.602. The van der Waals surface area contributed by atoms with Crippen LogP contribution in [0.4, 0.5) is 4.39 Å². The molecule has 1 aliphatic rings. The number of nitrogens with two attached hydrogens (primary N) is 1. The minimum absolute atomic E-state index is 0. The van der Waals surface area contributed by atoms with Crippen molar-refractivity contribution in [2.45, 2.75) is 31.5 Å². The molecule has 1 fully saturated rings. The van der Waals surface area contributed by atoms with E-state index in [1.54, 1.807) is 0 Å². The van der Waals surface area contributed by atoms with Crippen LogP contribution in [-0.2, 0) is 0 Å². The average Bonchev–Trinajstić information content (AvgIpc) is 1.87. The summed E-state index contributed by atoms with van der Waals surface area (Å²) in [6.07, 6.45) is 1.54. The van der Waals surface area contributed by atoms with Crippen LogP contribution in [0.25, 0.3) is 0 Å². The lowest BCUT2D eigenvalue weighted by Crippen LogP contribution is -2.14. The highest BCUT2D eigenvalue weighted by atomic mass is 35.5. The molecule has 0 aromatic carbocycles. The first-order chi connectivity index (χ1) is 3.29. The Kier molecular flexibility index (Phi) is 3.33. The lowest BCUT2D eigenvalue weighted by molar-refractivity contribution is 0.339. The van der Waals surface area contributed by atoms with Gasteiger partial charge in [-0.3, -0.25) is 0 Å². The van der Waals surface area contributed by atoms with Crippen LogP contribution in [0.2, 0.25) is 0 Å². The molecule has 0 aromatic heterocycles. The molecule has 0 saturated heterocycles. The van der Waals surface area contributed by atoms with E-state index in [0.29, 0.717) is 12.8 Å². The lowest BCUT2D eigenvalue weighted by atomic mass is 10.3. The van der Waals surface area contributed by atoms with E-state index in [1.807, 2.05) is 0 Å². The SMILES string of the molecule is Cl.N[C@H]1CC[C@@H](F)C1. The third kappa shape index (κ3) is 1.97. The third-order valence-electron chi connectivity index (χ3n) is 1.41. The summed E-state index contributed by atoms with van der Waals surface area (Å²) in [6.45, 7) is 0. The highest BCUT2D eigenvalue weighted by Crippen LogP contribution is 2.19. The molecule has 8 heavy (non-hydrogen) atoms. The van der Waals surface area contributed by atoms with Gasteiger partial charge in [0.1, 0.15) is 6.17 Å². The molecule has 0 aromatic rings. The van der Waals surface area contributed by atoms with Crippen molar-refractivity contribution in [3.05, 3.63) is 0 Å². The van der Waals surface area contributed by atoms with E-state index in [4.69, 9.17) is 5.73 Å². The zero-order valence-corrected chi connectivity index (χ0v) is 5.46. The summed E-state index contributed by atoms with van der Waals surface area (Å²) >= 11 is 0. The van der Waals surface area contributed by atoms with Gasteiger partial charge in [-0.1, -0.05) is 0 Å². The van der Waals surface area contributed by atoms with Crippen LogP contribution in [-0.4, -0.2) is 12.2 Å². The minimum Gasteiger partial charge on any atom is -0.328 e. The Balaban J connectivity index is 0.000000490. The number of hydrogen-bond acceptors (Lipinski definition) is 1. The van der Waals surface area contributed by atoms with E-state index < -0.39 is 6.17 Å². The smallest absolute Gasteiger partial charge is 0.102 e. The molecule has 3 heteroatoms. The normalized spacial score (nSPS) is 36.8. The van der Waals surface area contributed by atoms with Gasteiger partial charge in [0.15, 0.2) is 0 Å². The first-order valence-electron chi connectivity index (χ1n) is 2.68. The van der Waals surface area contributed by atoms with E-state index in [0.717, 1.165) is 6.42 Å². The van der Waals surface area contributed by atoms with Crippen molar-refractivity contribution in [2.24, 2.45) is 5.73 Å². The molecule has 0 unspecified atom stereocenters. The number of hydrogen-bond donors (Lipinski definition) is 1. The number of rotatable bonds is 0. The molecule has 0 spiro atoms. The van der Waals surface area contributed by atoms with E-state index in [1.165, 1.54) is 0 Å². The zero-order valence-electron chi connectivity index (χ0n) is 4.64. The Morgan fingerprint density at radius 1 is 1.38 bits per heavy atom. The molecule has 1 nitrogen and oxygen atoms in total. The van der Waals surface area contributed by atoms with Crippen LogP contribution in [0.1, 0.15) is 19.3 Å². The molecule has 0 amide bonds. The summed E-state index contributed by atoms with van der Waals surface area (Å²) in [5, 5.41) is 0. The van der Waals surface area contributed by atoms with E-state index in [9.17, 15) is 4.39 Å². The molecular weight excluding hydrogens is 129 g/mol. The van der Waals surface area contributed by atoms with Crippen LogP contribution in [0.3, 0.4) is 0 Å². The van der Waals surface area contributed by atoms with Crippen molar-refractivity contribution in [3.8, 4) is 0 Å². The highest BCUT2D eigenvalue weighted by Gasteiger charge is 2.19. The molecular formula is C5H11ClFN. The van der Waals surface area contributed by atoms with Gasteiger partial charge in [0.2, 0.25) is 0 Å². The van der Waals surface area contributed by atoms with Gasteiger partial charge in [-0.2, -0.15) is 0 Å². The molecule has 0 heterocycles. The molecule has 2 atom stereocenters. The molecule has 1 saturated carbocycles. The van der Waals surface area contributed by atoms with Crippen LogP contribution >= 0.6 is 12.4 Å². The summed E-state index contributed by atoms with van der Waals surface area (Å²) in [5.41, 5.74) is 5.39. The summed E-state index contributed by atoms with van der Waals surface area (Å²) < 4.78 is 12.1. The van der Waals surface area contributed by atoms with E-state index >= 15 is 0 Å². The van der Waals surface area contributed by atoms with Crippen LogP contribution in [0, 0.1) is 0 Å². The van der Waals surface area contributed by atoms with Crippen LogP contribution in [0.5, 0.6) is 0 Å². The van der Waals surface area contributed by atoms with Gasteiger partial charge in [-0.15, -0.1) is 12.4 Å². The summed E-state index contributed by atoms with van der Waals surface area (Å²) in [5.74, 6) is 0. The number of halogens is 2.